The lowest BCUT2D eigenvalue weighted by atomic mass is 9.80. The first-order valence-electron chi connectivity index (χ1n) is 8.84. The van der Waals surface area contributed by atoms with Gasteiger partial charge in [-0.25, -0.2) is 5.43 Å². The number of ketones is 1. The summed E-state index contributed by atoms with van der Waals surface area (Å²) in [6.45, 7) is -0.288. The minimum atomic E-state index is -0.544. The largest absolute Gasteiger partial charge is 0.496 e. The second-order valence-electron chi connectivity index (χ2n) is 6.58. The zero-order chi connectivity index (χ0) is 20.1. The molecular weight excluding hydrogens is 405 g/mol. The Morgan fingerprint density at radius 1 is 1.29 bits per heavy atom. The number of nitrogens with zero attached hydrogens (tertiary/aromatic N) is 1. The van der Waals surface area contributed by atoms with Gasteiger partial charge in [-0.1, -0.05) is 23.7 Å². The zero-order valence-corrected chi connectivity index (χ0v) is 16.4. The van der Waals surface area contributed by atoms with Gasteiger partial charge >= 0.3 is 0 Å². The molecule has 0 spiro atoms. The first-order valence-corrected chi connectivity index (χ1v) is 9.65. The van der Waals surface area contributed by atoms with Gasteiger partial charge in [0.1, 0.15) is 6.10 Å². The molecule has 0 bridgehead atoms. The second kappa shape index (κ2) is 9.21. The summed E-state index contributed by atoms with van der Waals surface area (Å²) in [7, 11) is 0. The van der Waals surface area contributed by atoms with Crippen molar-refractivity contribution in [1.29, 1.82) is 0 Å². The number of Topliss-reactive ketones (excluding diaryl/α,β-unsaturated/α-hetero) is 1. The van der Waals surface area contributed by atoms with E-state index in [9.17, 15) is 14.4 Å². The smallest absolute Gasteiger partial charge is 0.259 e. The van der Waals surface area contributed by atoms with Crippen LogP contribution < -0.4 is 10.7 Å². The van der Waals surface area contributed by atoms with Crippen molar-refractivity contribution in [3.63, 3.8) is 0 Å². The third-order valence-electron chi connectivity index (χ3n) is 4.63. The molecule has 0 aromatic heterocycles. The predicted octanol–water partition coefficient (Wildman–Crippen LogP) is 2.43. The van der Waals surface area contributed by atoms with E-state index >= 15 is 0 Å². The fourth-order valence-electron chi connectivity index (χ4n) is 3.17. The Bertz CT molecular complexity index is 840. The number of rotatable bonds is 5. The number of carbonyl (C=O) groups excluding carboxylic acids is 3. The van der Waals surface area contributed by atoms with Gasteiger partial charge in [0.25, 0.3) is 11.8 Å². The Labute approximate surface area is 172 Å². The monoisotopic (exact) mass is 423 g/mol. The average molecular weight is 424 g/mol. The van der Waals surface area contributed by atoms with Gasteiger partial charge in [-0.3, -0.25) is 14.4 Å². The van der Waals surface area contributed by atoms with Crippen LogP contribution in [0.15, 0.2) is 41.2 Å². The van der Waals surface area contributed by atoms with E-state index in [1.54, 1.807) is 24.3 Å². The van der Waals surface area contributed by atoms with E-state index in [4.69, 9.17) is 27.9 Å². The second-order valence-corrected chi connectivity index (χ2v) is 7.61. The van der Waals surface area contributed by atoms with E-state index in [2.05, 4.69) is 15.8 Å². The van der Waals surface area contributed by atoms with Crippen LogP contribution in [0, 0.1) is 5.92 Å². The van der Waals surface area contributed by atoms with Gasteiger partial charge in [0.05, 0.1) is 41.1 Å². The highest BCUT2D eigenvalue weighted by molar-refractivity contribution is 6.33. The lowest BCUT2D eigenvalue weighted by Crippen LogP contribution is -2.40. The number of ether oxygens (including phenoxy) is 1. The van der Waals surface area contributed by atoms with Crippen molar-refractivity contribution in [2.24, 2.45) is 11.0 Å². The van der Waals surface area contributed by atoms with Crippen molar-refractivity contribution >= 4 is 47.0 Å². The Hall–Kier alpha value is -2.38. The zero-order valence-electron chi connectivity index (χ0n) is 14.9. The maximum Gasteiger partial charge on any atom is 0.259 e. The Morgan fingerprint density at radius 2 is 2.07 bits per heavy atom. The third-order valence-corrected chi connectivity index (χ3v) is 5.36. The fourth-order valence-corrected chi connectivity index (χ4v) is 3.71. The van der Waals surface area contributed by atoms with Crippen molar-refractivity contribution in [1.82, 2.24) is 10.7 Å². The summed E-state index contributed by atoms with van der Waals surface area (Å²) in [6, 6.07) is 6.51. The molecule has 1 aromatic rings. The molecule has 1 fully saturated rings. The molecule has 3 rings (SSSR count). The third kappa shape index (κ3) is 4.91. The van der Waals surface area contributed by atoms with Gasteiger partial charge < -0.3 is 10.1 Å². The molecule has 28 heavy (non-hydrogen) atoms. The summed E-state index contributed by atoms with van der Waals surface area (Å²) in [5.41, 5.74) is 2.80. The molecule has 1 heterocycles. The first kappa shape index (κ1) is 20.4. The number of hydrazone groups is 1. The maximum absolute atomic E-state index is 12.5. The van der Waals surface area contributed by atoms with Crippen LogP contribution in [-0.2, 0) is 14.3 Å². The molecule has 1 saturated carbocycles. The van der Waals surface area contributed by atoms with Crippen LogP contribution in [0.1, 0.15) is 29.6 Å². The summed E-state index contributed by atoms with van der Waals surface area (Å²) in [6.07, 6.45) is 4.60. The van der Waals surface area contributed by atoms with Gasteiger partial charge in [-0.2, -0.15) is 5.10 Å². The molecule has 1 aromatic carbocycles. The topological polar surface area (TPSA) is 96.9 Å². The van der Waals surface area contributed by atoms with Crippen molar-refractivity contribution in [3.05, 3.63) is 46.7 Å². The quantitative estimate of drug-likeness (QED) is 0.431. The van der Waals surface area contributed by atoms with Crippen molar-refractivity contribution < 1.29 is 19.1 Å². The molecule has 9 heteroatoms. The van der Waals surface area contributed by atoms with E-state index < -0.39 is 11.8 Å². The van der Waals surface area contributed by atoms with Crippen LogP contribution in [0.3, 0.4) is 0 Å². The van der Waals surface area contributed by atoms with Crippen LogP contribution in [0.4, 0.5) is 0 Å². The number of hydrogen-bond acceptors (Lipinski definition) is 5. The molecule has 1 aliphatic heterocycles. The van der Waals surface area contributed by atoms with Crippen LogP contribution in [0.25, 0.3) is 0 Å². The van der Waals surface area contributed by atoms with E-state index in [1.807, 2.05) is 0 Å². The summed E-state index contributed by atoms with van der Waals surface area (Å²) >= 11 is 12.1. The summed E-state index contributed by atoms with van der Waals surface area (Å²) in [5, 5.41) is 6.47. The van der Waals surface area contributed by atoms with Crippen LogP contribution in [-0.4, -0.2) is 41.8 Å². The van der Waals surface area contributed by atoms with Gasteiger partial charge in [0, 0.05) is 5.38 Å². The normalized spacial score (nSPS) is 24.1. The van der Waals surface area contributed by atoms with Gasteiger partial charge in [0.15, 0.2) is 5.78 Å². The van der Waals surface area contributed by atoms with Gasteiger partial charge in [-0.05, 0) is 31.4 Å². The highest BCUT2D eigenvalue weighted by atomic mass is 35.5. The number of amides is 2. The fraction of sp³-hybridized carbons (Fsp3) is 0.368. The van der Waals surface area contributed by atoms with Crippen molar-refractivity contribution in [2.45, 2.75) is 30.7 Å². The van der Waals surface area contributed by atoms with E-state index in [0.717, 1.165) is 12.8 Å². The van der Waals surface area contributed by atoms with Crippen LogP contribution >= 0.6 is 23.2 Å². The molecule has 2 N–H and O–H groups in total. The molecule has 7 nitrogen and oxygen atoms in total. The van der Waals surface area contributed by atoms with Crippen LogP contribution in [0.5, 0.6) is 0 Å². The molecule has 3 unspecified atom stereocenters. The minimum absolute atomic E-state index is 0.0356. The van der Waals surface area contributed by atoms with Gasteiger partial charge in [0.2, 0.25) is 0 Å². The Morgan fingerprint density at radius 3 is 2.86 bits per heavy atom. The van der Waals surface area contributed by atoms with E-state index in [0.29, 0.717) is 11.4 Å². The number of benzene rings is 1. The lowest BCUT2D eigenvalue weighted by molar-refractivity contribution is -0.126. The number of carbonyl (C=O) groups is 3. The molecule has 1 aliphatic carbocycles. The summed E-state index contributed by atoms with van der Waals surface area (Å²) in [5.74, 6) is -1.39. The number of halogens is 2. The maximum atomic E-state index is 12.5. The van der Waals surface area contributed by atoms with Crippen molar-refractivity contribution in [3.8, 4) is 0 Å². The Kier molecular flexibility index (Phi) is 6.70. The Balaban J connectivity index is 1.48. The minimum Gasteiger partial charge on any atom is -0.496 e. The molecule has 2 aliphatic rings. The number of fused-ring (bicyclic) bond motifs is 1. The number of alkyl halides is 1. The molecule has 148 valence electrons. The average Bonchev–Trinajstić information content (AvgIpc) is 2.68. The van der Waals surface area contributed by atoms with Gasteiger partial charge in [-0.15, -0.1) is 11.6 Å². The SMILES string of the molecule is O=C(CNC(=O)c1ccccc1Cl)N/N=C/C1=COC2CCC(Cl)CC2C1=O. The number of hydrogen-bond donors (Lipinski definition) is 2. The number of allylic oxidation sites excluding steroid dienone is 1. The highest BCUT2D eigenvalue weighted by Gasteiger charge is 2.39. The summed E-state index contributed by atoms with van der Waals surface area (Å²) < 4.78 is 5.59. The van der Waals surface area contributed by atoms with E-state index in [1.165, 1.54) is 12.5 Å². The van der Waals surface area contributed by atoms with Crippen molar-refractivity contribution in [2.75, 3.05) is 6.54 Å². The molecule has 3 atom stereocenters. The molecule has 0 saturated heterocycles. The standard InChI is InChI=1S/C19H19Cl2N3O4/c20-12-5-6-16-14(7-12)18(26)11(10-28-16)8-23-24-17(25)9-22-19(27)13-3-1-2-4-15(13)21/h1-4,8,10,12,14,16H,5-7,9H2,(H,22,27)(H,24,25)/b23-8+. The lowest BCUT2D eigenvalue weighted by Gasteiger charge is -2.35. The number of nitrogens with one attached hydrogen (secondary N) is 2. The van der Waals surface area contributed by atoms with Crippen LogP contribution in [0.2, 0.25) is 5.02 Å². The van der Waals surface area contributed by atoms with E-state index in [-0.39, 0.29) is 40.9 Å². The predicted molar refractivity (Wildman–Crippen MR) is 105 cm³/mol. The first-order chi connectivity index (χ1) is 13.5. The molecule has 0 radical (unpaired) electrons. The summed E-state index contributed by atoms with van der Waals surface area (Å²) in [4.78, 5) is 36.3. The molecule has 2 amide bonds. The molecular formula is C19H19Cl2N3O4. The highest BCUT2D eigenvalue weighted by Crippen LogP contribution is 2.34.